The zero-order valence-electron chi connectivity index (χ0n) is 17.8. The van der Waals surface area contributed by atoms with Gasteiger partial charge in [0, 0.05) is 56.0 Å². The van der Waals surface area contributed by atoms with Crippen molar-refractivity contribution >= 4 is 5.91 Å². The number of imidazole rings is 1. The van der Waals surface area contributed by atoms with E-state index in [-0.39, 0.29) is 29.5 Å². The van der Waals surface area contributed by atoms with E-state index in [9.17, 15) is 18.0 Å². The van der Waals surface area contributed by atoms with Crippen LogP contribution in [0.4, 0.5) is 13.2 Å². The van der Waals surface area contributed by atoms with Crippen molar-refractivity contribution in [2.24, 2.45) is 0 Å². The summed E-state index contributed by atoms with van der Waals surface area (Å²) in [5, 5.41) is 0. The summed E-state index contributed by atoms with van der Waals surface area (Å²) in [5.41, 5.74) is -0.541. The fraction of sp³-hybridized carbons (Fsp3) is 0.619. The van der Waals surface area contributed by atoms with Gasteiger partial charge in [-0.1, -0.05) is 27.7 Å². The molecule has 9 heteroatoms. The molecule has 6 nitrogen and oxygen atoms in total. The predicted molar refractivity (Wildman–Crippen MR) is 106 cm³/mol. The van der Waals surface area contributed by atoms with E-state index in [1.165, 1.54) is 0 Å². The predicted octanol–water partition coefficient (Wildman–Crippen LogP) is 4.34. The van der Waals surface area contributed by atoms with E-state index >= 15 is 0 Å². The van der Waals surface area contributed by atoms with Gasteiger partial charge in [-0.15, -0.1) is 0 Å². The monoisotopic (exact) mass is 423 g/mol. The van der Waals surface area contributed by atoms with E-state index in [1.807, 2.05) is 24.6 Å². The van der Waals surface area contributed by atoms with Gasteiger partial charge >= 0.3 is 6.18 Å². The summed E-state index contributed by atoms with van der Waals surface area (Å²) in [7, 11) is 0. The molecule has 1 aliphatic heterocycles. The summed E-state index contributed by atoms with van der Waals surface area (Å²) in [6.45, 7) is 9.08. The lowest BCUT2D eigenvalue weighted by atomic mass is 10.1. The first-order valence-corrected chi connectivity index (χ1v) is 10.3. The van der Waals surface area contributed by atoms with Crippen molar-refractivity contribution in [3.63, 3.8) is 0 Å². The van der Waals surface area contributed by atoms with Gasteiger partial charge in [-0.2, -0.15) is 13.2 Å². The SMILES string of the molecule is CC(C)c1cc(C(F)(F)F)nc(C2CCN(C(=O)CCn3ccnc3C(C)C)C2)n1. The minimum Gasteiger partial charge on any atom is -0.342 e. The van der Waals surface area contributed by atoms with E-state index in [2.05, 4.69) is 15.0 Å². The molecule has 1 unspecified atom stereocenters. The highest BCUT2D eigenvalue weighted by molar-refractivity contribution is 5.76. The third-order valence-electron chi connectivity index (χ3n) is 5.38. The number of nitrogens with zero attached hydrogens (tertiary/aromatic N) is 5. The van der Waals surface area contributed by atoms with Crippen molar-refractivity contribution in [2.75, 3.05) is 13.1 Å². The molecule has 2 aromatic rings. The lowest BCUT2D eigenvalue weighted by Gasteiger charge is -2.18. The van der Waals surface area contributed by atoms with Crippen LogP contribution in [-0.2, 0) is 17.5 Å². The maximum atomic E-state index is 13.3. The molecule has 0 aliphatic carbocycles. The highest BCUT2D eigenvalue weighted by Gasteiger charge is 2.36. The summed E-state index contributed by atoms with van der Waals surface area (Å²) in [5.74, 6) is 0.934. The van der Waals surface area contributed by atoms with Crippen LogP contribution in [0.15, 0.2) is 18.5 Å². The second kappa shape index (κ2) is 8.73. The number of carbonyl (C=O) groups is 1. The Kier molecular flexibility index (Phi) is 6.47. The topological polar surface area (TPSA) is 63.9 Å². The van der Waals surface area contributed by atoms with Crippen LogP contribution in [0.1, 0.15) is 81.3 Å². The number of aromatic nitrogens is 4. The summed E-state index contributed by atoms with van der Waals surface area (Å²) in [4.78, 5) is 26.9. The van der Waals surface area contributed by atoms with Crippen LogP contribution in [0, 0.1) is 0 Å². The lowest BCUT2D eigenvalue weighted by Crippen LogP contribution is -2.29. The van der Waals surface area contributed by atoms with Gasteiger partial charge in [0.1, 0.15) is 17.3 Å². The maximum Gasteiger partial charge on any atom is 0.433 e. The van der Waals surface area contributed by atoms with Gasteiger partial charge in [0.15, 0.2) is 0 Å². The Morgan fingerprint density at radius 1 is 1.20 bits per heavy atom. The summed E-state index contributed by atoms with van der Waals surface area (Å²) in [6.07, 6.45) is -0.0486. The number of aryl methyl sites for hydroxylation is 1. The normalized spacial score (nSPS) is 17.4. The minimum absolute atomic E-state index is 0.0167. The molecule has 0 bridgehead atoms. The zero-order chi connectivity index (χ0) is 22.1. The first-order chi connectivity index (χ1) is 14.1. The molecule has 3 rings (SSSR count). The molecule has 2 aromatic heterocycles. The van der Waals surface area contributed by atoms with Gasteiger partial charge in [-0.05, 0) is 18.4 Å². The first kappa shape index (κ1) is 22.2. The highest BCUT2D eigenvalue weighted by Crippen LogP contribution is 2.32. The van der Waals surface area contributed by atoms with E-state index in [1.54, 1.807) is 24.9 Å². The average Bonchev–Trinajstić information content (AvgIpc) is 3.34. The van der Waals surface area contributed by atoms with E-state index in [4.69, 9.17) is 0 Å². The molecular weight excluding hydrogens is 395 g/mol. The highest BCUT2D eigenvalue weighted by atomic mass is 19.4. The fourth-order valence-corrected chi connectivity index (χ4v) is 3.69. The van der Waals surface area contributed by atoms with Crippen LogP contribution in [0.25, 0.3) is 0 Å². The molecule has 3 heterocycles. The number of hydrogen-bond donors (Lipinski definition) is 0. The molecule has 0 N–H and O–H groups in total. The molecular formula is C21H28F3N5O. The Morgan fingerprint density at radius 3 is 2.57 bits per heavy atom. The molecule has 0 saturated carbocycles. The van der Waals surface area contributed by atoms with Crippen molar-refractivity contribution in [3.05, 3.63) is 41.5 Å². The van der Waals surface area contributed by atoms with Crippen molar-refractivity contribution in [1.82, 2.24) is 24.4 Å². The molecule has 1 amide bonds. The van der Waals surface area contributed by atoms with Crippen LogP contribution in [0.2, 0.25) is 0 Å². The molecule has 1 aliphatic rings. The number of rotatable bonds is 6. The average molecular weight is 423 g/mol. The van der Waals surface area contributed by atoms with Gasteiger partial charge in [-0.25, -0.2) is 15.0 Å². The van der Waals surface area contributed by atoms with Crippen LogP contribution in [0.3, 0.4) is 0 Å². The van der Waals surface area contributed by atoms with Crippen molar-refractivity contribution in [2.45, 2.75) is 71.0 Å². The molecule has 1 fully saturated rings. The van der Waals surface area contributed by atoms with Crippen LogP contribution < -0.4 is 0 Å². The second-order valence-corrected chi connectivity index (χ2v) is 8.40. The zero-order valence-corrected chi connectivity index (χ0v) is 17.8. The van der Waals surface area contributed by atoms with Crippen LogP contribution in [-0.4, -0.2) is 43.4 Å². The molecule has 0 spiro atoms. The summed E-state index contributed by atoms with van der Waals surface area (Å²) >= 11 is 0. The maximum absolute atomic E-state index is 13.3. The number of carbonyl (C=O) groups excluding carboxylic acids is 1. The van der Waals surface area contributed by atoms with E-state index < -0.39 is 11.9 Å². The number of hydrogen-bond acceptors (Lipinski definition) is 4. The molecule has 1 saturated heterocycles. The molecule has 164 valence electrons. The molecule has 1 atom stereocenters. The van der Waals surface area contributed by atoms with Gasteiger partial charge in [0.05, 0.1) is 0 Å². The molecule has 30 heavy (non-hydrogen) atoms. The number of alkyl halides is 3. The van der Waals surface area contributed by atoms with Crippen molar-refractivity contribution < 1.29 is 18.0 Å². The van der Waals surface area contributed by atoms with Gasteiger partial charge in [0.2, 0.25) is 5.91 Å². The largest absolute Gasteiger partial charge is 0.433 e. The Balaban J connectivity index is 1.68. The molecule has 0 aromatic carbocycles. The first-order valence-electron chi connectivity index (χ1n) is 10.3. The third-order valence-corrected chi connectivity index (χ3v) is 5.38. The van der Waals surface area contributed by atoms with Crippen molar-refractivity contribution in [1.29, 1.82) is 0 Å². The van der Waals surface area contributed by atoms with E-state index in [0.717, 1.165) is 11.9 Å². The third kappa shape index (κ3) is 4.99. The van der Waals surface area contributed by atoms with Crippen LogP contribution >= 0.6 is 0 Å². The van der Waals surface area contributed by atoms with E-state index in [0.29, 0.717) is 38.2 Å². The Morgan fingerprint density at radius 2 is 1.93 bits per heavy atom. The number of amides is 1. The fourth-order valence-electron chi connectivity index (χ4n) is 3.69. The summed E-state index contributed by atoms with van der Waals surface area (Å²) < 4.78 is 41.8. The van der Waals surface area contributed by atoms with Crippen molar-refractivity contribution in [3.8, 4) is 0 Å². The number of likely N-dealkylation sites (tertiary alicyclic amines) is 1. The standard InChI is InChI=1S/C21H28F3N5O/c1-13(2)16-11-17(21(22,23)24)27-19(26-16)15-5-8-29(12-15)18(30)6-9-28-10-7-25-20(28)14(3)4/h7,10-11,13-15H,5-6,8-9,12H2,1-4H3. The number of halogens is 3. The van der Waals surface area contributed by atoms with Gasteiger partial charge in [0.25, 0.3) is 0 Å². The Bertz CT molecular complexity index is 891. The van der Waals surface area contributed by atoms with Gasteiger partial charge < -0.3 is 9.47 Å². The summed E-state index contributed by atoms with van der Waals surface area (Å²) in [6, 6.07) is 1.02. The minimum atomic E-state index is -4.52. The van der Waals surface area contributed by atoms with Gasteiger partial charge in [-0.3, -0.25) is 4.79 Å². The Labute approximate surface area is 174 Å². The molecule has 0 radical (unpaired) electrons. The van der Waals surface area contributed by atoms with Crippen LogP contribution in [0.5, 0.6) is 0 Å². The quantitative estimate of drug-likeness (QED) is 0.693. The lowest BCUT2D eigenvalue weighted by molar-refractivity contribution is -0.141. The Hall–Kier alpha value is -2.45. The smallest absolute Gasteiger partial charge is 0.342 e. The second-order valence-electron chi connectivity index (χ2n) is 8.40.